The summed E-state index contributed by atoms with van der Waals surface area (Å²) in [6.45, 7) is 4.18. The quantitative estimate of drug-likeness (QED) is 0.693. The van der Waals surface area contributed by atoms with Gasteiger partial charge in [-0.15, -0.1) is 0 Å². The highest BCUT2D eigenvalue weighted by atomic mass is 14.9. The van der Waals surface area contributed by atoms with Crippen molar-refractivity contribution in [2.75, 3.05) is 0 Å². The molecule has 12 heavy (non-hydrogen) atoms. The van der Waals surface area contributed by atoms with E-state index < -0.39 is 0 Å². The fraction of sp³-hybridized carbons (Fsp3) is 0.333. The van der Waals surface area contributed by atoms with E-state index in [4.69, 9.17) is 0 Å². The zero-order valence-electron chi connectivity index (χ0n) is 7.26. The lowest BCUT2D eigenvalue weighted by Gasteiger charge is -1.97. The van der Waals surface area contributed by atoms with E-state index in [0.717, 1.165) is 17.8 Å². The summed E-state index contributed by atoms with van der Waals surface area (Å²) in [5, 5.41) is 1.18. The topological polar surface area (TPSA) is 41.6 Å². The van der Waals surface area contributed by atoms with Gasteiger partial charge in [-0.25, -0.2) is 9.97 Å². The minimum Gasteiger partial charge on any atom is -0.346 e. The van der Waals surface area contributed by atoms with E-state index in [1.54, 1.807) is 6.33 Å². The Morgan fingerprint density at radius 1 is 1.42 bits per heavy atom. The maximum Gasteiger partial charge on any atom is 0.141 e. The number of H-pyrrole nitrogens is 1. The van der Waals surface area contributed by atoms with Crippen molar-refractivity contribution >= 4 is 11.0 Å². The van der Waals surface area contributed by atoms with Crippen molar-refractivity contribution < 1.29 is 0 Å². The van der Waals surface area contributed by atoms with Gasteiger partial charge in [0.2, 0.25) is 0 Å². The number of aromatic nitrogens is 3. The first-order valence-electron chi connectivity index (χ1n) is 4.10. The van der Waals surface area contributed by atoms with Gasteiger partial charge in [-0.1, -0.05) is 6.92 Å². The van der Waals surface area contributed by atoms with Crippen LogP contribution in [0, 0.1) is 6.92 Å². The number of rotatable bonds is 1. The first-order chi connectivity index (χ1) is 5.83. The minimum atomic E-state index is 0.944. The summed E-state index contributed by atoms with van der Waals surface area (Å²) in [5.74, 6) is 0. The molecular weight excluding hydrogens is 150 g/mol. The highest BCUT2D eigenvalue weighted by Gasteiger charge is 2.05. The average molecular weight is 161 g/mol. The highest BCUT2D eigenvalue weighted by molar-refractivity contribution is 5.81. The molecule has 0 saturated heterocycles. The number of fused-ring (bicyclic) bond motifs is 1. The van der Waals surface area contributed by atoms with Crippen LogP contribution in [0.3, 0.4) is 0 Å². The summed E-state index contributed by atoms with van der Waals surface area (Å²) < 4.78 is 0. The van der Waals surface area contributed by atoms with Crippen LogP contribution in [-0.4, -0.2) is 15.0 Å². The lowest BCUT2D eigenvalue weighted by molar-refractivity contribution is 1.03. The molecule has 2 rings (SSSR count). The van der Waals surface area contributed by atoms with Gasteiger partial charge >= 0.3 is 0 Å². The summed E-state index contributed by atoms with van der Waals surface area (Å²) in [7, 11) is 0. The molecule has 0 unspecified atom stereocenters. The zero-order valence-corrected chi connectivity index (χ0v) is 7.26. The third-order valence-corrected chi connectivity index (χ3v) is 2.08. The Labute approximate surface area is 70.9 Å². The van der Waals surface area contributed by atoms with Crippen molar-refractivity contribution in [2.24, 2.45) is 0 Å². The SMILES string of the molecule is CCc1ncnc2[nH]cc(C)c12. The van der Waals surface area contributed by atoms with Crippen LogP contribution in [0.25, 0.3) is 11.0 Å². The van der Waals surface area contributed by atoms with E-state index in [1.807, 2.05) is 6.20 Å². The Balaban J connectivity index is 2.84. The molecule has 3 heteroatoms. The summed E-state index contributed by atoms with van der Waals surface area (Å²) in [4.78, 5) is 11.5. The van der Waals surface area contributed by atoms with Gasteiger partial charge in [0.1, 0.15) is 12.0 Å². The fourth-order valence-electron chi connectivity index (χ4n) is 1.46. The third-order valence-electron chi connectivity index (χ3n) is 2.08. The van der Waals surface area contributed by atoms with E-state index >= 15 is 0 Å². The molecule has 0 spiro atoms. The maximum atomic E-state index is 4.23. The van der Waals surface area contributed by atoms with Crippen LogP contribution >= 0.6 is 0 Å². The zero-order chi connectivity index (χ0) is 8.55. The van der Waals surface area contributed by atoms with Gasteiger partial charge in [0.25, 0.3) is 0 Å². The predicted octanol–water partition coefficient (Wildman–Crippen LogP) is 1.83. The predicted molar refractivity (Wildman–Crippen MR) is 48.0 cm³/mol. The van der Waals surface area contributed by atoms with Crippen LogP contribution in [0.15, 0.2) is 12.5 Å². The van der Waals surface area contributed by atoms with E-state index in [9.17, 15) is 0 Å². The molecule has 0 aliphatic carbocycles. The summed E-state index contributed by atoms with van der Waals surface area (Å²) in [6, 6.07) is 0. The minimum absolute atomic E-state index is 0.944. The molecule has 0 aliphatic rings. The average Bonchev–Trinajstić information content (AvgIpc) is 2.48. The van der Waals surface area contributed by atoms with Crippen molar-refractivity contribution in [1.29, 1.82) is 0 Å². The van der Waals surface area contributed by atoms with Crippen molar-refractivity contribution in [2.45, 2.75) is 20.3 Å². The lowest BCUT2D eigenvalue weighted by Crippen LogP contribution is -1.90. The van der Waals surface area contributed by atoms with Crippen LogP contribution in [0.2, 0.25) is 0 Å². The fourth-order valence-corrected chi connectivity index (χ4v) is 1.46. The number of nitrogens with one attached hydrogen (secondary N) is 1. The largest absolute Gasteiger partial charge is 0.346 e. The normalized spacial score (nSPS) is 10.8. The van der Waals surface area contributed by atoms with Gasteiger partial charge < -0.3 is 4.98 Å². The summed E-state index contributed by atoms with van der Waals surface area (Å²) in [6.07, 6.45) is 4.54. The van der Waals surface area contributed by atoms with Crippen LogP contribution in [0.1, 0.15) is 18.2 Å². The van der Waals surface area contributed by atoms with Crippen molar-refractivity contribution in [3.8, 4) is 0 Å². The second-order valence-electron chi connectivity index (χ2n) is 2.87. The highest BCUT2D eigenvalue weighted by Crippen LogP contribution is 2.17. The number of nitrogens with zero attached hydrogens (tertiary/aromatic N) is 2. The van der Waals surface area contributed by atoms with Gasteiger partial charge in [-0.05, 0) is 18.9 Å². The first kappa shape index (κ1) is 7.28. The summed E-state index contributed by atoms with van der Waals surface area (Å²) in [5.41, 5.74) is 3.29. The number of aromatic amines is 1. The van der Waals surface area contributed by atoms with Crippen molar-refractivity contribution in [1.82, 2.24) is 15.0 Å². The van der Waals surface area contributed by atoms with E-state index in [2.05, 4.69) is 28.8 Å². The molecule has 1 N–H and O–H groups in total. The van der Waals surface area contributed by atoms with Crippen LogP contribution in [-0.2, 0) is 6.42 Å². The first-order valence-corrected chi connectivity index (χ1v) is 4.10. The third kappa shape index (κ3) is 0.897. The van der Waals surface area contributed by atoms with Gasteiger partial charge in [0.05, 0.1) is 5.69 Å². The summed E-state index contributed by atoms with van der Waals surface area (Å²) >= 11 is 0. The molecule has 0 atom stereocenters. The van der Waals surface area contributed by atoms with E-state index in [1.165, 1.54) is 10.9 Å². The molecular formula is C9H11N3. The van der Waals surface area contributed by atoms with Crippen molar-refractivity contribution in [3.05, 3.63) is 23.8 Å². The Bertz CT molecular complexity index is 403. The molecule has 2 heterocycles. The Hall–Kier alpha value is -1.38. The standard InChI is InChI=1S/C9H11N3/c1-3-7-8-6(2)4-10-9(8)12-5-11-7/h4-5H,3H2,1-2H3,(H,10,11,12). The molecule has 3 nitrogen and oxygen atoms in total. The molecule has 0 fully saturated rings. The molecule has 62 valence electrons. The van der Waals surface area contributed by atoms with Crippen LogP contribution < -0.4 is 0 Å². The maximum absolute atomic E-state index is 4.23. The number of hydrogen-bond donors (Lipinski definition) is 1. The molecule has 0 amide bonds. The second kappa shape index (κ2) is 2.59. The molecule has 0 aromatic carbocycles. The Morgan fingerprint density at radius 2 is 2.25 bits per heavy atom. The van der Waals surface area contributed by atoms with Gasteiger partial charge in [-0.2, -0.15) is 0 Å². The van der Waals surface area contributed by atoms with E-state index in [-0.39, 0.29) is 0 Å². The Kier molecular flexibility index (Phi) is 1.57. The van der Waals surface area contributed by atoms with E-state index in [0.29, 0.717) is 0 Å². The number of hydrogen-bond acceptors (Lipinski definition) is 2. The molecule has 0 radical (unpaired) electrons. The molecule has 2 aromatic rings. The second-order valence-corrected chi connectivity index (χ2v) is 2.87. The smallest absolute Gasteiger partial charge is 0.141 e. The van der Waals surface area contributed by atoms with Gasteiger partial charge in [0, 0.05) is 11.6 Å². The molecule has 0 saturated carbocycles. The molecule has 2 aromatic heterocycles. The lowest BCUT2D eigenvalue weighted by atomic mass is 10.2. The molecule has 0 bridgehead atoms. The monoisotopic (exact) mass is 161 g/mol. The molecule has 0 aliphatic heterocycles. The van der Waals surface area contributed by atoms with Crippen LogP contribution in [0.4, 0.5) is 0 Å². The Morgan fingerprint density at radius 3 is 3.00 bits per heavy atom. The van der Waals surface area contributed by atoms with Crippen LogP contribution in [0.5, 0.6) is 0 Å². The van der Waals surface area contributed by atoms with Gasteiger partial charge in [-0.3, -0.25) is 0 Å². The van der Waals surface area contributed by atoms with Gasteiger partial charge in [0.15, 0.2) is 0 Å². The number of aryl methyl sites for hydroxylation is 2. The van der Waals surface area contributed by atoms with Crippen molar-refractivity contribution in [3.63, 3.8) is 0 Å².